The molecule has 0 aliphatic carbocycles. The Bertz CT molecular complexity index is 306. The zero-order valence-corrected chi connectivity index (χ0v) is 11.9. The van der Waals surface area contributed by atoms with Crippen molar-refractivity contribution in [3.05, 3.63) is 0 Å². The van der Waals surface area contributed by atoms with Crippen molar-refractivity contribution in [2.24, 2.45) is 17.3 Å². The molecule has 4 nitrogen and oxygen atoms in total. The monoisotopic (exact) mass is 243 g/mol. The number of hydrogen-bond acceptors (Lipinski definition) is 2. The predicted molar refractivity (Wildman–Crippen MR) is 67.6 cm³/mol. The van der Waals surface area contributed by atoms with Crippen molar-refractivity contribution < 1.29 is 14.7 Å². The van der Waals surface area contributed by atoms with Crippen molar-refractivity contribution >= 4 is 11.9 Å². The Morgan fingerprint density at radius 3 is 1.76 bits per heavy atom. The summed E-state index contributed by atoms with van der Waals surface area (Å²) >= 11 is 0. The maximum absolute atomic E-state index is 12.0. The molecule has 1 atom stereocenters. The molecular formula is C13H25NO3. The van der Waals surface area contributed by atoms with Crippen LogP contribution in [0.3, 0.4) is 0 Å². The van der Waals surface area contributed by atoms with Gasteiger partial charge in [0.15, 0.2) is 0 Å². The molecule has 0 aliphatic rings. The molecule has 4 heteroatoms. The van der Waals surface area contributed by atoms with Crippen LogP contribution in [0.4, 0.5) is 0 Å². The zero-order chi connectivity index (χ0) is 14.0. The molecule has 0 spiro atoms. The molecule has 0 bridgehead atoms. The summed E-state index contributed by atoms with van der Waals surface area (Å²) in [4.78, 5) is 23.2. The minimum absolute atomic E-state index is 0.0978. The third-order valence-corrected chi connectivity index (χ3v) is 3.95. The maximum Gasteiger partial charge on any atom is 0.311 e. The molecule has 0 heterocycles. The first-order valence-electron chi connectivity index (χ1n) is 5.99. The predicted octanol–water partition coefficient (Wildman–Crippen LogP) is 2.28. The van der Waals surface area contributed by atoms with Gasteiger partial charge in [-0.2, -0.15) is 0 Å². The fraction of sp³-hybridized carbons (Fsp3) is 0.846. The van der Waals surface area contributed by atoms with Crippen LogP contribution in [0.2, 0.25) is 0 Å². The molecule has 17 heavy (non-hydrogen) atoms. The van der Waals surface area contributed by atoms with E-state index >= 15 is 0 Å². The van der Waals surface area contributed by atoms with E-state index in [1.54, 1.807) is 27.7 Å². The van der Waals surface area contributed by atoms with Crippen LogP contribution in [-0.4, -0.2) is 22.5 Å². The van der Waals surface area contributed by atoms with Gasteiger partial charge in [-0.3, -0.25) is 9.59 Å². The van der Waals surface area contributed by atoms with Crippen molar-refractivity contribution in [2.45, 2.75) is 54.0 Å². The highest BCUT2D eigenvalue weighted by atomic mass is 16.4. The third kappa shape index (κ3) is 3.45. The molecule has 0 aromatic carbocycles. The van der Waals surface area contributed by atoms with Crippen molar-refractivity contribution in [2.75, 3.05) is 0 Å². The maximum atomic E-state index is 12.0. The molecule has 0 aromatic rings. The zero-order valence-electron chi connectivity index (χ0n) is 11.9. The number of carboxylic acids is 1. The number of hydrogen-bond donors (Lipinski definition) is 2. The van der Waals surface area contributed by atoms with Gasteiger partial charge in [0, 0.05) is 11.5 Å². The Morgan fingerprint density at radius 2 is 1.47 bits per heavy atom. The number of amides is 1. The van der Waals surface area contributed by atoms with E-state index in [1.165, 1.54) is 0 Å². The second-order valence-corrected chi connectivity index (χ2v) is 6.08. The van der Waals surface area contributed by atoms with Gasteiger partial charge in [-0.25, -0.2) is 0 Å². The molecule has 0 fully saturated rings. The lowest BCUT2D eigenvalue weighted by Gasteiger charge is -2.39. The molecule has 0 rings (SSSR count). The quantitative estimate of drug-likeness (QED) is 0.778. The van der Waals surface area contributed by atoms with Gasteiger partial charge in [-0.1, -0.05) is 20.8 Å². The molecule has 100 valence electrons. The van der Waals surface area contributed by atoms with Gasteiger partial charge in [0.25, 0.3) is 0 Å². The summed E-state index contributed by atoms with van der Waals surface area (Å²) in [5, 5.41) is 12.0. The Morgan fingerprint density at radius 1 is 1.06 bits per heavy atom. The number of carboxylic acid groups (broad SMARTS) is 1. The average molecular weight is 243 g/mol. The third-order valence-electron chi connectivity index (χ3n) is 3.95. The van der Waals surface area contributed by atoms with Crippen LogP contribution in [0.1, 0.15) is 48.5 Å². The van der Waals surface area contributed by atoms with Gasteiger partial charge < -0.3 is 10.4 Å². The summed E-state index contributed by atoms with van der Waals surface area (Å²) in [6.07, 6.45) is 0. The number of rotatable bonds is 5. The van der Waals surface area contributed by atoms with E-state index in [2.05, 4.69) is 5.32 Å². The molecular weight excluding hydrogens is 218 g/mol. The van der Waals surface area contributed by atoms with E-state index in [0.717, 1.165) is 0 Å². The van der Waals surface area contributed by atoms with E-state index in [0.29, 0.717) is 0 Å². The normalized spacial score (nSPS) is 14.6. The number of carbonyl (C=O) groups is 2. The Hall–Kier alpha value is -1.06. The van der Waals surface area contributed by atoms with Gasteiger partial charge in [0.2, 0.25) is 5.91 Å². The standard InChI is InChI=1S/C13H25NO3/c1-8(2)9(3)10(15)14-13(6,7)12(4,5)11(16)17/h8-9H,1-7H3,(H,14,15)(H,16,17). The average Bonchev–Trinajstić information content (AvgIpc) is 2.14. The highest BCUT2D eigenvalue weighted by Crippen LogP contribution is 2.31. The van der Waals surface area contributed by atoms with Gasteiger partial charge in [-0.15, -0.1) is 0 Å². The second-order valence-electron chi connectivity index (χ2n) is 6.08. The Balaban J connectivity index is 4.89. The molecule has 1 unspecified atom stereocenters. The Labute approximate surface area is 104 Å². The van der Waals surface area contributed by atoms with E-state index in [9.17, 15) is 14.7 Å². The van der Waals surface area contributed by atoms with Crippen molar-refractivity contribution in [3.63, 3.8) is 0 Å². The van der Waals surface area contributed by atoms with Crippen LogP contribution >= 0.6 is 0 Å². The molecule has 0 saturated carbocycles. The largest absolute Gasteiger partial charge is 0.481 e. The Kier molecular flexibility index (Phi) is 4.75. The van der Waals surface area contributed by atoms with E-state index in [1.807, 2.05) is 20.8 Å². The summed E-state index contributed by atoms with van der Waals surface area (Å²) < 4.78 is 0. The SMILES string of the molecule is CC(C)C(C)C(=O)NC(C)(C)C(C)(C)C(=O)O. The fourth-order valence-electron chi connectivity index (χ4n) is 1.15. The molecule has 0 aromatic heterocycles. The number of nitrogens with one attached hydrogen (secondary N) is 1. The lowest BCUT2D eigenvalue weighted by molar-refractivity contribution is -0.152. The van der Waals surface area contributed by atoms with Crippen LogP contribution in [0.25, 0.3) is 0 Å². The smallest absolute Gasteiger partial charge is 0.311 e. The summed E-state index contributed by atoms with van der Waals surface area (Å²) in [5.41, 5.74) is -1.81. The fourth-order valence-corrected chi connectivity index (χ4v) is 1.15. The molecule has 0 saturated heterocycles. The molecule has 1 amide bonds. The van der Waals surface area contributed by atoms with Crippen molar-refractivity contribution in [3.8, 4) is 0 Å². The minimum Gasteiger partial charge on any atom is -0.481 e. The van der Waals surface area contributed by atoms with Crippen LogP contribution in [0.5, 0.6) is 0 Å². The molecule has 0 aliphatic heterocycles. The lowest BCUT2D eigenvalue weighted by Crippen LogP contribution is -2.58. The van der Waals surface area contributed by atoms with Crippen LogP contribution in [0, 0.1) is 17.3 Å². The van der Waals surface area contributed by atoms with Gasteiger partial charge in [0.05, 0.1) is 5.41 Å². The van der Waals surface area contributed by atoms with Crippen LogP contribution in [-0.2, 0) is 9.59 Å². The first kappa shape index (κ1) is 15.9. The van der Waals surface area contributed by atoms with Gasteiger partial charge in [-0.05, 0) is 33.6 Å². The first-order valence-corrected chi connectivity index (χ1v) is 5.99. The number of carbonyl (C=O) groups excluding carboxylic acids is 1. The van der Waals surface area contributed by atoms with Crippen molar-refractivity contribution in [1.82, 2.24) is 5.32 Å². The van der Waals surface area contributed by atoms with Crippen molar-refractivity contribution in [1.29, 1.82) is 0 Å². The minimum atomic E-state index is -1.01. The van der Waals surface area contributed by atoms with Crippen LogP contribution in [0.15, 0.2) is 0 Å². The molecule has 2 N–H and O–H groups in total. The summed E-state index contributed by atoms with van der Waals surface area (Å²) in [7, 11) is 0. The summed E-state index contributed by atoms with van der Waals surface area (Å²) in [6.45, 7) is 12.5. The molecule has 0 radical (unpaired) electrons. The highest BCUT2D eigenvalue weighted by molar-refractivity contribution is 5.82. The van der Waals surface area contributed by atoms with E-state index in [4.69, 9.17) is 0 Å². The topological polar surface area (TPSA) is 66.4 Å². The van der Waals surface area contributed by atoms with Gasteiger partial charge >= 0.3 is 5.97 Å². The summed E-state index contributed by atoms with van der Waals surface area (Å²) in [6, 6.07) is 0. The van der Waals surface area contributed by atoms with Gasteiger partial charge in [0.1, 0.15) is 0 Å². The van der Waals surface area contributed by atoms with Crippen LogP contribution < -0.4 is 5.32 Å². The second kappa shape index (κ2) is 5.07. The summed E-state index contributed by atoms with van der Waals surface area (Å²) in [5.74, 6) is -0.906. The lowest BCUT2D eigenvalue weighted by atomic mass is 9.74. The first-order chi connectivity index (χ1) is 7.43. The van der Waals surface area contributed by atoms with E-state index in [-0.39, 0.29) is 17.7 Å². The number of aliphatic carboxylic acids is 1. The van der Waals surface area contributed by atoms with E-state index < -0.39 is 16.9 Å². The highest BCUT2D eigenvalue weighted by Gasteiger charge is 2.44.